The van der Waals surface area contributed by atoms with Gasteiger partial charge < -0.3 is 35.0 Å². The highest BCUT2D eigenvalue weighted by Gasteiger charge is 2.49. The van der Waals surface area contributed by atoms with Gasteiger partial charge in [-0.15, -0.1) is 10.2 Å². The van der Waals surface area contributed by atoms with E-state index in [1.165, 1.54) is 28.8 Å². The van der Waals surface area contributed by atoms with E-state index in [4.69, 9.17) is 21.1 Å². The van der Waals surface area contributed by atoms with Crippen molar-refractivity contribution in [1.29, 1.82) is 0 Å². The van der Waals surface area contributed by atoms with Crippen LogP contribution in [0.25, 0.3) is 5.69 Å². The van der Waals surface area contributed by atoms with Gasteiger partial charge in [0.2, 0.25) is 6.23 Å². The maximum atomic E-state index is 15.0. The van der Waals surface area contributed by atoms with E-state index in [1.807, 2.05) is 0 Å². The fraction of sp³-hybridized carbons (Fsp3) is 0.304. The minimum absolute atomic E-state index is 0.0257. The maximum absolute atomic E-state index is 15.0. The highest BCUT2D eigenvalue weighted by Crippen LogP contribution is 2.35. The second-order valence-electron chi connectivity index (χ2n) is 8.31. The summed E-state index contributed by atoms with van der Waals surface area (Å²) < 4.78 is 27.4. The number of carboxylic acids is 1. The van der Waals surface area contributed by atoms with Crippen molar-refractivity contribution < 1.29 is 44.2 Å². The standard InChI is InChI=1S/C23H20ClFN4O8/c24-9-5-6-13-11(7-9)15(10-3-1-2-4-12(10)25)26-21(20-28-27-14(8-30)29(13)20)37-23-18(33)16(31)17(32)19(36-23)22(34)35/h1-7,16-19,21,23,30-33H,8H2,(H,34,35)/t16-,17-,18?,19?,21?,23-/m0/s1. The molecule has 14 heteroatoms. The van der Waals surface area contributed by atoms with Crippen molar-refractivity contribution in [3.8, 4) is 5.69 Å². The zero-order valence-corrected chi connectivity index (χ0v) is 19.5. The highest BCUT2D eigenvalue weighted by atomic mass is 35.5. The van der Waals surface area contributed by atoms with Crippen LogP contribution in [0.2, 0.25) is 5.02 Å². The van der Waals surface area contributed by atoms with Crippen LogP contribution in [0.1, 0.15) is 29.0 Å². The van der Waals surface area contributed by atoms with E-state index in [2.05, 4.69) is 15.2 Å². The third-order valence-electron chi connectivity index (χ3n) is 6.02. The van der Waals surface area contributed by atoms with Crippen molar-refractivity contribution in [3.63, 3.8) is 0 Å². The molecule has 194 valence electrons. The summed E-state index contributed by atoms with van der Waals surface area (Å²) in [5, 5.41) is 58.3. The summed E-state index contributed by atoms with van der Waals surface area (Å²) in [5.41, 5.74) is 0.845. The van der Waals surface area contributed by atoms with E-state index in [0.29, 0.717) is 16.3 Å². The van der Waals surface area contributed by atoms with E-state index in [0.717, 1.165) is 0 Å². The summed E-state index contributed by atoms with van der Waals surface area (Å²) in [6.07, 6.45) is -11.0. The summed E-state index contributed by atoms with van der Waals surface area (Å²) >= 11 is 6.25. The largest absolute Gasteiger partial charge is 0.479 e. The molecule has 2 aliphatic heterocycles. The second kappa shape index (κ2) is 9.87. The molecule has 2 aliphatic rings. The molecule has 0 saturated carbocycles. The molecular weight excluding hydrogens is 515 g/mol. The van der Waals surface area contributed by atoms with Gasteiger partial charge in [0.25, 0.3) is 0 Å². The molecule has 0 amide bonds. The Labute approximate surface area is 212 Å². The lowest BCUT2D eigenvalue weighted by molar-refractivity contribution is -0.305. The predicted molar refractivity (Wildman–Crippen MR) is 122 cm³/mol. The summed E-state index contributed by atoms with van der Waals surface area (Å²) in [4.78, 5) is 16.1. The number of fused-ring (bicyclic) bond motifs is 3. The number of hydrogen-bond donors (Lipinski definition) is 5. The van der Waals surface area contributed by atoms with Gasteiger partial charge in [-0.3, -0.25) is 4.57 Å². The molecule has 0 radical (unpaired) electrons. The van der Waals surface area contributed by atoms with E-state index in [1.54, 1.807) is 18.2 Å². The number of rotatable bonds is 5. The number of aliphatic hydroxyl groups excluding tert-OH is 4. The minimum Gasteiger partial charge on any atom is -0.479 e. The van der Waals surface area contributed by atoms with Crippen molar-refractivity contribution in [2.24, 2.45) is 4.99 Å². The van der Waals surface area contributed by atoms with E-state index in [-0.39, 0.29) is 22.9 Å². The number of aliphatic imine (C=N–C) groups is 1. The lowest BCUT2D eigenvalue weighted by Gasteiger charge is -2.39. The fourth-order valence-electron chi connectivity index (χ4n) is 4.24. The number of hydrogen-bond acceptors (Lipinski definition) is 10. The molecule has 0 aliphatic carbocycles. The first-order valence-electron chi connectivity index (χ1n) is 11.0. The number of aliphatic hydroxyl groups is 4. The fourth-order valence-corrected chi connectivity index (χ4v) is 4.42. The van der Waals surface area contributed by atoms with Crippen LogP contribution in [0.4, 0.5) is 4.39 Å². The molecule has 1 saturated heterocycles. The Morgan fingerprint density at radius 3 is 2.54 bits per heavy atom. The SMILES string of the molecule is O=C(O)C1O[C@@H](OC2N=C(c3ccccc3F)c3cc(Cl)ccc3-n3c(CO)nnc32)C(O)[C@@H](O)[C@@H]1O. The van der Waals surface area contributed by atoms with Gasteiger partial charge >= 0.3 is 5.97 Å². The summed E-state index contributed by atoms with van der Waals surface area (Å²) in [5.74, 6) is -2.18. The summed E-state index contributed by atoms with van der Waals surface area (Å²) in [6, 6.07) is 10.5. The number of aliphatic carboxylic acids is 1. The average Bonchev–Trinajstić information content (AvgIpc) is 3.25. The topological polar surface area (TPSA) is 180 Å². The van der Waals surface area contributed by atoms with Gasteiger partial charge in [-0.1, -0.05) is 23.7 Å². The first-order chi connectivity index (χ1) is 17.7. The Morgan fingerprint density at radius 2 is 1.84 bits per heavy atom. The van der Waals surface area contributed by atoms with Crippen molar-refractivity contribution >= 4 is 23.3 Å². The van der Waals surface area contributed by atoms with Crippen molar-refractivity contribution in [3.05, 3.63) is 76.1 Å². The Morgan fingerprint density at radius 1 is 1.08 bits per heavy atom. The van der Waals surface area contributed by atoms with Crippen molar-refractivity contribution in [2.75, 3.05) is 0 Å². The molecule has 0 bridgehead atoms. The highest BCUT2D eigenvalue weighted by molar-refractivity contribution is 6.31. The molecular formula is C23H20ClFN4O8. The Kier molecular flexibility index (Phi) is 6.76. The number of aromatic nitrogens is 3. The summed E-state index contributed by atoms with van der Waals surface area (Å²) in [7, 11) is 0. The normalized spacial score (nSPS) is 27.1. The second-order valence-corrected chi connectivity index (χ2v) is 8.75. The van der Waals surface area contributed by atoms with Gasteiger partial charge in [0, 0.05) is 16.1 Å². The van der Waals surface area contributed by atoms with Gasteiger partial charge in [0.15, 0.2) is 24.0 Å². The molecule has 2 aromatic carbocycles. The van der Waals surface area contributed by atoms with Crippen LogP contribution in [0.5, 0.6) is 0 Å². The third kappa shape index (κ3) is 4.40. The van der Waals surface area contributed by atoms with Crippen LogP contribution in [-0.2, 0) is 20.9 Å². The molecule has 5 N–H and O–H groups in total. The number of benzene rings is 2. The Bertz CT molecular complexity index is 1380. The first-order valence-corrected chi connectivity index (χ1v) is 11.3. The summed E-state index contributed by atoms with van der Waals surface area (Å²) in [6.45, 7) is -0.550. The van der Waals surface area contributed by atoms with Crippen LogP contribution in [-0.4, -0.2) is 82.7 Å². The molecule has 1 aromatic heterocycles. The van der Waals surface area contributed by atoms with Crippen LogP contribution >= 0.6 is 11.6 Å². The average molecular weight is 535 g/mol. The zero-order valence-electron chi connectivity index (χ0n) is 18.7. The van der Waals surface area contributed by atoms with Gasteiger partial charge in [-0.25, -0.2) is 14.2 Å². The molecule has 37 heavy (non-hydrogen) atoms. The monoisotopic (exact) mass is 534 g/mol. The molecule has 5 rings (SSSR count). The van der Waals surface area contributed by atoms with Crippen LogP contribution < -0.4 is 0 Å². The van der Waals surface area contributed by atoms with Crippen LogP contribution in [0, 0.1) is 5.82 Å². The van der Waals surface area contributed by atoms with Crippen molar-refractivity contribution in [1.82, 2.24) is 14.8 Å². The maximum Gasteiger partial charge on any atom is 0.335 e. The first kappa shape index (κ1) is 25.4. The minimum atomic E-state index is -1.94. The number of ether oxygens (including phenoxy) is 2. The lowest BCUT2D eigenvalue weighted by atomic mass is 9.99. The number of halogens is 2. The molecule has 3 heterocycles. The molecule has 6 atom stereocenters. The molecule has 12 nitrogen and oxygen atoms in total. The van der Waals surface area contributed by atoms with E-state index >= 15 is 0 Å². The molecule has 3 aromatic rings. The number of carboxylic acid groups (broad SMARTS) is 1. The third-order valence-corrected chi connectivity index (χ3v) is 6.26. The van der Waals surface area contributed by atoms with E-state index in [9.17, 15) is 34.7 Å². The van der Waals surface area contributed by atoms with Gasteiger partial charge in [0.05, 0.1) is 11.4 Å². The van der Waals surface area contributed by atoms with Gasteiger partial charge in [0.1, 0.15) is 30.7 Å². The zero-order chi connectivity index (χ0) is 26.4. The Balaban J connectivity index is 1.68. The van der Waals surface area contributed by atoms with Crippen LogP contribution in [0.3, 0.4) is 0 Å². The van der Waals surface area contributed by atoms with Crippen molar-refractivity contribution in [2.45, 2.75) is 43.5 Å². The molecule has 1 fully saturated rings. The van der Waals surface area contributed by atoms with E-state index < -0.39 is 55.3 Å². The quantitative estimate of drug-likeness (QED) is 0.306. The molecule has 3 unspecified atom stereocenters. The van der Waals surface area contributed by atoms with Gasteiger partial charge in [-0.05, 0) is 30.3 Å². The smallest absolute Gasteiger partial charge is 0.335 e. The molecule has 0 spiro atoms. The van der Waals surface area contributed by atoms with Gasteiger partial charge in [-0.2, -0.15) is 0 Å². The lowest BCUT2D eigenvalue weighted by Crippen LogP contribution is -2.60. The number of carbonyl (C=O) groups is 1. The Hall–Kier alpha value is -3.30. The predicted octanol–water partition coefficient (Wildman–Crippen LogP) is 0.310. The van der Waals surface area contributed by atoms with Crippen LogP contribution in [0.15, 0.2) is 47.5 Å². The number of nitrogens with zero attached hydrogens (tertiary/aromatic N) is 4.